The van der Waals surface area contributed by atoms with Gasteiger partial charge in [-0.05, 0) is 118 Å². The number of H-pyrrole nitrogens is 2. The summed E-state index contributed by atoms with van der Waals surface area (Å²) in [4.78, 5) is 72.5. The fraction of sp³-hybridized carbons (Fsp3) is 0.231. The van der Waals surface area contributed by atoms with Crippen LogP contribution in [0.3, 0.4) is 0 Å². The Hall–Kier alpha value is -8.00. The SMILES string of the molecule is O=C(O)N[C@@H](C(=O)N1C2C[C@@H]2C[C@H]1c1nc2ccc(-c3ccc4cc(-c5ccc6nc([C@@H]7C[C@H]8CC8N7C(=O)[C@H](NC(=O)O)c7ccccc7)[nH]c6c5)ccc4c3)cc2[nH]1)c1ccccc1. The van der Waals surface area contributed by atoms with Crippen LogP contribution in [0.5, 0.6) is 0 Å². The molecule has 6 N–H and O–H groups in total. The van der Waals surface area contributed by atoms with E-state index in [0.717, 1.165) is 80.8 Å². The Bertz CT molecular complexity index is 3040. The number of aromatic amines is 2. The Kier molecular flexibility index (Phi) is 9.19. The minimum Gasteiger partial charge on any atom is -0.465 e. The van der Waals surface area contributed by atoms with Gasteiger partial charge in [-0.25, -0.2) is 19.6 Å². The highest BCUT2D eigenvalue weighted by Crippen LogP contribution is 2.55. The summed E-state index contributed by atoms with van der Waals surface area (Å²) in [6, 6.07) is 40.7. The third-order valence-corrected chi connectivity index (χ3v) is 14.2. The lowest BCUT2D eigenvalue weighted by Gasteiger charge is -2.30. The molecule has 4 aliphatic rings. The zero-order valence-electron chi connectivity index (χ0n) is 35.5. The van der Waals surface area contributed by atoms with Crippen molar-refractivity contribution in [3.05, 3.63) is 156 Å². The molecule has 2 aromatic heterocycles. The lowest BCUT2D eigenvalue weighted by molar-refractivity contribution is -0.136. The number of nitrogens with zero attached hydrogens (tertiary/aromatic N) is 4. The molecule has 14 heteroatoms. The first-order valence-electron chi connectivity index (χ1n) is 22.4. The normalized spacial score (nSPS) is 22.5. The van der Waals surface area contributed by atoms with Crippen molar-refractivity contribution in [2.45, 2.75) is 61.9 Å². The van der Waals surface area contributed by atoms with Gasteiger partial charge in [-0.1, -0.05) is 97.1 Å². The summed E-state index contributed by atoms with van der Waals surface area (Å²) in [7, 11) is 0. The van der Waals surface area contributed by atoms with Gasteiger partial charge in [0.15, 0.2) is 0 Å². The van der Waals surface area contributed by atoms with Gasteiger partial charge in [0.05, 0.1) is 34.2 Å². The van der Waals surface area contributed by atoms with E-state index in [1.54, 1.807) is 48.5 Å². The van der Waals surface area contributed by atoms with Gasteiger partial charge in [-0.3, -0.25) is 9.59 Å². The molecule has 66 heavy (non-hydrogen) atoms. The number of hydrogen-bond acceptors (Lipinski definition) is 6. The second-order valence-electron chi connectivity index (χ2n) is 18.2. The maximum absolute atomic E-state index is 14.1. The molecule has 14 nitrogen and oxygen atoms in total. The standard InChI is InChI=1S/C52H44N8O6/c61-49(45(57-51(63)64)27-7-3-1-4-8-27)59-41-23-35(41)25-43(59)47-53-37-17-15-33(21-39(37)55-47)31-13-11-30-20-32(14-12-29(30)19-31)34-16-18-38-40(22-34)56-48(54-38)44-26-36-24-42(36)60(44)50(62)46(58-52(65)66)28-9-5-2-6-10-28/h1-22,35-36,41-46,57-58H,23-26H2,(H,53,55)(H,54,56)(H,63,64)(H,65,66)/t35-,36-,41?,42?,43+,44+,45-,46-/m1/s1. The number of nitrogens with one attached hydrogen (secondary N) is 4. The molecule has 2 unspecified atom stereocenters. The Balaban J connectivity index is 0.778. The van der Waals surface area contributed by atoms with Gasteiger partial charge in [0.25, 0.3) is 11.8 Å². The molecule has 8 aromatic rings. The molecule has 0 radical (unpaired) electrons. The monoisotopic (exact) mass is 876 g/mol. The third-order valence-electron chi connectivity index (χ3n) is 14.2. The van der Waals surface area contributed by atoms with Gasteiger partial charge in [-0.2, -0.15) is 0 Å². The molecule has 4 amide bonds. The fourth-order valence-electron chi connectivity index (χ4n) is 10.8. The summed E-state index contributed by atoms with van der Waals surface area (Å²) >= 11 is 0. The van der Waals surface area contributed by atoms with Crippen LogP contribution >= 0.6 is 0 Å². The number of piperidine rings is 2. The van der Waals surface area contributed by atoms with E-state index in [2.05, 4.69) is 81.3 Å². The van der Waals surface area contributed by atoms with Crippen molar-refractivity contribution >= 4 is 56.8 Å². The smallest absolute Gasteiger partial charge is 0.405 e. The van der Waals surface area contributed by atoms with E-state index in [0.29, 0.717) is 34.6 Å². The van der Waals surface area contributed by atoms with E-state index < -0.39 is 24.3 Å². The molecule has 4 fully saturated rings. The van der Waals surface area contributed by atoms with E-state index in [1.165, 1.54) is 0 Å². The lowest BCUT2D eigenvalue weighted by Crippen LogP contribution is -2.44. The number of likely N-dealkylation sites (tertiary alicyclic amines) is 2. The number of benzene rings is 6. The van der Waals surface area contributed by atoms with E-state index >= 15 is 0 Å². The number of aromatic nitrogens is 4. The summed E-state index contributed by atoms with van der Waals surface area (Å²) in [5.41, 5.74) is 8.68. The largest absolute Gasteiger partial charge is 0.465 e. The average Bonchev–Trinajstić information content (AvgIpc) is 3.99. The number of fused-ring (bicyclic) bond motifs is 5. The number of imidazole rings is 2. The predicted molar refractivity (Wildman–Crippen MR) is 247 cm³/mol. The summed E-state index contributed by atoms with van der Waals surface area (Å²) in [6.07, 6.45) is 0.861. The third kappa shape index (κ3) is 6.96. The zero-order chi connectivity index (χ0) is 44.8. The molecule has 4 heterocycles. The van der Waals surface area contributed by atoms with Crippen molar-refractivity contribution in [1.82, 2.24) is 40.4 Å². The molecule has 2 saturated carbocycles. The first-order valence-corrected chi connectivity index (χ1v) is 22.4. The molecule has 0 spiro atoms. The molecule has 2 aliphatic heterocycles. The predicted octanol–water partition coefficient (Wildman–Crippen LogP) is 9.27. The van der Waals surface area contributed by atoms with Crippen LogP contribution in [-0.2, 0) is 9.59 Å². The van der Waals surface area contributed by atoms with Crippen LogP contribution in [0.25, 0.3) is 55.1 Å². The van der Waals surface area contributed by atoms with Crippen molar-refractivity contribution in [3.8, 4) is 22.3 Å². The highest BCUT2D eigenvalue weighted by atomic mass is 16.4. The molecule has 8 atom stereocenters. The second kappa shape index (κ2) is 15.3. The highest BCUT2D eigenvalue weighted by molar-refractivity contribution is 5.94. The topological polar surface area (TPSA) is 197 Å². The van der Waals surface area contributed by atoms with Crippen LogP contribution in [0, 0.1) is 11.8 Å². The molecule has 6 aromatic carbocycles. The van der Waals surface area contributed by atoms with Crippen molar-refractivity contribution in [2.75, 3.05) is 0 Å². The van der Waals surface area contributed by atoms with Gasteiger partial charge in [0.2, 0.25) is 0 Å². The van der Waals surface area contributed by atoms with Gasteiger partial charge < -0.3 is 40.6 Å². The average molecular weight is 877 g/mol. The lowest BCUT2D eigenvalue weighted by atomic mass is 9.97. The van der Waals surface area contributed by atoms with Gasteiger partial charge in [0, 0.05) is 12.1 Å². The Morgan fingerprint density at radius 2 is 0.909 bits per heavy atom. The molecular formula is C52H44N8O6. The van der Waals surface area contributed by atoms with Gasteiger partial charge in [0.1, 0.15) is 23.7 Å². The first kappa shape index (κ1) is 39.6. The minimum absolute atomic E-state index is 0.0653. The molecule has 2 saturated heterocycles. The van der Waals surface area contributed by atoms with Gasteiger partial charge >= 0.3 is 12.2 Å². The van der Waals surface area contributed by atoms with Crippen LogP contribution in [0.4, 0.5) is 9.59 Å². The van der Waals surface area contributed by atoms with Crippen LogP contribution in [0.2, 0.25) is 0 Å². The Morgan fingerprint density at radius 3 is 1.32 bits per heavy atom. The number of amides is 4. The molecule has 0 bridgehead atoms. The Morgan fingerprint density at radius 1 is 0.515 bits per heavy atom. The number of carbonyl (C=O) groups excluding carboxylic acids is 2. The first-order chi connectivity index (χ1) is 32.1. The minimum atomic E-state index is -1.25. The second-order valence-corrected chi connectivity index (χ2v) is 18.2. The quantitative estimate of drug-likeness (QED) is 0.0782. The number of rotatable bonds is 10. The van der Waals surface area contributed by atoms with Gasteiger partial charge in [-0.15, -0.1) is 0 Å². The van der Waals surface area contributed by atoms with E-state index in [1.807, 2.05) is 34.1 Å². The summed E-state index contributed by atoms with van der Waals surface area (Å²) in [5, 5.41) is 26.4. The van der Waals surface area contributed by atoms with Crippen molar-refractivity contribution in [3.63, 3.8) is 0 Å². The van der Waals surface area contributed by atoms with Crippen LogP contribution in [0.15, 0.2) is 133 Å². The molecular weight excluding hydrogens is 833 g/mol. The number of hydrogen-bond donors (Lipinski definition) is 6. The number of carbonyl (C=O) groups is 4. The van der Waals surface area contributed by atoms with Crippen LogP contribution in [0.1, 0.15) is 72.6 Å². The summed E-state index contributed by atoms with van der Waals surface area (Å²) in [5.74, 6) is 1.61. The van der Waals surface area contributed by atoms with Crippen LogP contribution < -0.4 is 10.6 Å². The maximum atomic E-state index is 14.1. The Labute approximate surface area is 377 Å². The fourth-order valence-corrected chi connectivity index (χ4v) is 10.8. The molecule has 12 rings (SSSR count). The summed E-state index contributed by atoms with van der Waals surface area (Å²) in [6.45, 7) is 0. The van der Waals surface area contributed by atoms with Crippen molar-refractivity contribution < 1.29 is 29.4 Å². The zero-order valence-corrected chi connectivity index (χ0v) is 35.5. The number of carboxylic acid groups (broad SMARTS) is 2. The van der Waals surface area contributed by atoms with E-state index in [4.69, 9.17) is 9.97 Å². The van der Waals surface area contributed by atoms with Crippen molar-refractivity contribution in [2.24, 2.45) is 11.8 Å². The van der Waals surface area contributed by atoms with E-state index in [9.17, 15) is 29.4 Å². The van der Waals surface area contributed by atoms with Crippen molar-refractivity contribution in [1.29, 1.82) is 0 Å². The van der Waals surface area contributed by atoms with Crippen LogP contribution in [-0.4, -0.2) is 76.0 Å². The highest BCUT2D eigenvalue weighted by Gasteiger charge is 2.57. The van der Waals surface area contributed by atoms with E-state index in [-0.39, 0.29) is 36.0 Å². The molecule has 2 aliphatic carbocycles. The molecule has 328 valence electrons. The summed E-state index contributed by atoms with van der Waals surface area (Å²) < 4.78 is 0. The maximum Gasteiger partial charge on any atom is 0.405 e.